The summed E-state index contributed by atoms with van der Waals surface area (Å²) in [6.07, 6.45) is 0.687. The minimum atomic E-state index is -0.311. The predicted molar refractivity (Wildman–Crippen MR) is 129 cm³/mol. The number of rotatable bonds is 4. The summed E-state index contributed by atoms with van der Waals surface area (Å²) in [5.74, 6) is 0.107. The normalized spacial score (nSPS) is 12.5. The van der Waals surface area contributed by atoms with Crippen LogP contribution in [0.4, 0.5) is 4.39 Å². The van der Waals surface area contributed by atoms with Crippen LogP contribution in [0.15, 0.2) is 77.6 Å². The van der Waals surface area contributed by atoms with E-state index in [-0.39, 0.29) is 23.8 Å². The third-order valence-electron chi connectivity index (χ3n) is 6.44. The average Bonchev–Trinajstić information content (AvgIpc) is 3.18. The summed E-state index contributed by atoms with van der Waals surface area (Å²) in [5.41, 5.74) is 4.24. The molecule has 34 heavy (non-hydrogen) atoms. The molecule has 168 valence electrons. The molecule has 1 amide bonds. The summed E-state index contributed by atoms with van der Waals surface area (Å²) in [6.45, 7) is 0.933. The van der Waals surface area contributed by atoms with Crippen molar-refractivity contribution in [2.24, 2.45) is 0 Å². The summed E-state index contributed by atoms with van der Waals surface area (Å²) in [7, 11) is 0. The van der Waals surface area contributed by atoms with Crippen molar-refractivity contribution in [3.8, 4) is 11.5 Å². The van der Waals surface area contributed by atoms with Crippen LogP contribution in [0.2, 0.25) is 0 Å². The van der Waals surface area contributed by atoms with Gasteiger partial charge >= 0.3 is 0 Å². The zero-order valence-electron chi connectivity index (χ0n) is 18.3. The number of benzene rings is 3. The summed E-state index contributed by atoms with van der Waals surface area (Å²) in [5, 5.41) is 4.58. The molecule has 0 saturated carbocycles. The van der Waals surface area contributed by atoms with E-state index in [4.69, 9.17) is 4.98 Å². The molecule has 1 aliphatic rings. The fourth-order valence-electron chi connectivity index (χ4n) is 4.83. The molecular weight excluding hydrogens is 431 g/mol. The predicted octanol–water partition coefficient (Wildman–Crippen LogP) is 4.03. The number of carbonyl (C=O) groups is 1. The summed E-state index contributed by atoms with van der Waals surface area (Å²) in [4.78, 5) is 31.1. The number of halogens is 1. The SMILES string of the molecule is O=C(Cn1c2c(c3ccccc31)CCn1c-2nc2ccccc2c1=O)NCc1ccc(F)cc1. The largest absolute Gasteiger partial charge is 0.350 e. The van der Waals surface area contributed by atoms with Gasteiger partial charge < -0.3 is 9.88 Å². The third-order valence-corrected chi connectivity index (χ3v) is 6.44. The number of nitrogens with zero attached hydrogens (tertiary/aromatic N) is 3. The van der Waals surface area contributed by atoms with E-state index in [1.165, 1.54) is 12.1 Å². The molecule has 0 fully saturated rings. The molecule has 3 aromatic carbocycles. The Morgan fingerprint density at radius 3 is 2.53 bits per heavy atom. The molecule has 3 heterocycles. The van der Waals surface area contributed by atoms with Crippen molar-refractivity contribution >= 4 is 27.7 Å². The number of hydrogen-bond acceptors (Lipinski definition) is 3. The first kappa shape index (κ1) is 20.4. The Morgan fingerprint density at radius 2 is 1.71 bits per heavy atom. The van der Waals surface area contributed by atoms with E-state index in [1.807, 2.05) is 41.0 Å². The molecule has 0 aliphatic carbocycles. The molecule has 6 rings (SSSR count). The molecule has 0 spiro atoms. The zero-order valence-corrected chi connectivity index (χ0v) is 18.3. The molecule has 0 saturated heterocycles. The number of fused-ring (bicyclic) bond motifs is 6. The first-order valence-corrected chi connectivity index (χ1v) is 11.2. The Kier molecular flexibility index (Phi) is 4.76. The van der Waals surface area contributed by atoms with Gasteiger partial charge in [0, 0.05) is 24.0 Å². The second-order valence-electron chi connectivity index (χ2n) is 8.49. The molecular formula is C27H21FN4O2. The third kappa shape index (κ3) is 3.28. The smallest absolute Gasteiger partial charge is 0.261 e. The van der Waals surface area contributed by atoms with E-state index in [1.54, 1.807) is 22.8 Å². The van der Waals surface area contributed by atoms with Crippen LogP contribution < -0.4 is 10.9 Å². The van der Waals surface area contributed by atoms with E-state index in [2.05, 4.69) is 11.4 Å². The lowest BCUT2D eigenvalue weighted by Gasteiger charge is -2.21. The van der Waals surface area contributed by atoms with Gasteiger partial charge in [0.05, 0.1) is 16.6 Å². The molecule has 2 aromatic heterocycles. The number of hydrogen-bond donors (Lipinski definition) is 1. The van der Waals surface area contributed by atoms with E-state index in [0.29, 0.717) is 36.2 Å². The van der Waals surface area contributed by atoms with Crippen molar-refractivity contribution in [2.45, 2.75) is 26.1 Å². The number of amides is 1. The van der Waals surface area contributed by atoms with Crippen molar-refractivity contribution in [1.29, 1.82) is 0 Å². The Morgan fingerprint density at radius 1 is 0.971 bits per heavy atom. The van der Waals surface area contributed by atoms with Gasteiger partial charge in [-0.2, -0.15) is 0 Å². The topological polar surface area (TPSA) is 68.9 Å². The van der Waals surface area contributed by atoms with E-state index >= 15 is 0 Å². The van der Waals surface area contributed by atoms with Crippen LogP contribution in [0.1, 0.15) is 11.1 Å². The van der Waals surface area contributed by atoms with Crippen molar-refractivity contribution in [1.82, 2.24) is 19.4 Å². The molecule has 7 heteroatoms. The number of para-hydroxylation sites is 2. The second-order valence-corrected chi connectivity index (χ2v) is 8.49. The standard InChI is InChI=1S/C27H21FN4O2/c28-18-11-9-17(10-12-18)15-29-24(33)16-32-23-8-4-2-5-19(23)20-13-14-31-26(25(20)32)30-22-7-3-1-6-21(22)27(31)34/h1-12H,13-16H2,(H,29,33). The lowest BCUT2D eigenvalue weighted by molar-refractivity contribution is -0.121. The number of carbonyl (C=O) groups excluding carboxylic acids is 1. The molecule has 0 bridgehead atoms. The monoisotopic (exact) mass is 452 g/mol. The second kappa shape index (κ2) is 7.95. The van der Waals surface area contributed by atoms with Crippen LogP contribution in [-0.4, -0.2) is 20.0 Å². The molecule has 0 atom stereocenters. The fourth-order valence-corrected chi connectivity index (χ4v) is 4.83. The zero-order chi connectivity index (χ0) is 23.2. The average molecular weight is 452 g/mol. The molecule has 1 N–H and O–H groups in total. The minimum absolute atomic E-state index is 0.0659. The Bertz CT molecular complexity index is 1630. The van der Waals surface area contributed by atoms with Gasteiger partial charge in [0.2, 0.25) is 5.91 Å². The lowest BCUT2D eigenvalue weighted by atomic mass is 10.0. The molecule has 5 aromatic rings. The minimum Gasteiger partial charge on any atom is -0.350 e. The Balaban J connectivity index is 1.44. The summed E-state index contributed by atoms with van der Waals surface area (Å²) < 4.78 is 16.8. The van der Waals surface area contributed by atoms with Crippen LogP contribution >= 0.6 is 0 Å². The summed E-state index contributed by atoms with van der Waals surface area (Å²) >= 11 is 0. The van der Waals surface area contributed by atoms with E-state index < -0.39 is 0 Å². The van der Waals surface area contributed by atoms with Gasteiger partial charge in [-0.15, -0.1) is 0 Å². The van der Waals surface area contributed by atoms with Crippen molar-refractivity contribution in [3.05, 3.63) is 100 Å². The number of nitrogens with one attached hydrogen (secondary N) is 1. The molecule has 1 aliphatic heterocycles. The first-order valence-electron chi connectivity index (χ1n) is 11.2. The highest BCUT2D eigenvalue weighted by molar-refractivity contribution is 5.93. The molecule has 6 nitrogen and oxygen atoms in total. The maximum absolute atomic E-state index is 13.2. The number of aryl methyl sites for hydroxylation is 1. The van der Waals surface area contributed by atoms with Gasteiger partial charge in [-0.05, 0) is 47.9 Å². The van der Waals surface area contributed by atoms with Gasteiger partial charge in [0.25, 0.3) is 5.56 Å². The Hall–Kier alpha value is -4.26. The van der Waals surface area contributed by atoms with Gasteiger partial charge in [-0.3, -0.25) is 14.2 Å². The number of aromatic nitrogens is 3. The van der Waals surface area contributed by atoms with Crippen LogP contribution in [0.25, 0.3) is 33.3 Å². The lowest BCUT2D eigenvalue weighted by Crippen LogP contribution is -2.30. The van der Waals surface area contributed by atoms with Gasteiger partial charge in [0.1, 0.15) is 12.4 Å². The maximum atomic E-state index is 13.2. The van der Waals surface area contributed by atoms with E-state index in [0.717, 1.165) is 27.7 Å². The highest BCUT2D eigenvalue weighted by atomic mass is 19.1. The van der Waals surface area contributed by atoms with Gasteiger partial charge in [-0.1, -0.05) is 42.5 Å². The Labute approximate surface area is 194 Å². The summed E-state index contributed by atoms with van der Waals surface area (Å²) in [6, 6.07) is 21.4. The molecule has 0 unspecified atom stereocenters. The van der Waals surface area contributed by atoms with Crippen LogP contribution in [0.3, 0.4) is 0 Å². The molecule has 0 radical (unpaired) electrons. The maximum Gasteiger partial charge on any atom is 0.261 e. The van der Waals surface area contributed by atoms with E-state index in [9.17, 15) is 14.0 Å². The first-order chi connectivity index (χ1) is 16.6. The van der Waals surface area contributed by atoms with Crippen molar-refractivity contribution < 1.29 is 9.18 Å². The van der Waals surface area contributed by atoms with Gasteiger partial charge in [-0.25, -0.2) is 9.37 Å². The quantitative estimate of drug-likeness (QED) is 0.448. The van der Waals surface area contributed by atoms with Crippen molar-refractivity contribution in [3.63, 3.8) is 0 Å². The van der Waals surface area contributed by atoms with Crippen LogP contribution in [0, 0.1) is 5.82 Å². The van der Waals surface area contributed by atoms with Gasteiger partial charge in [0.15, 0.2) is 5.82 Å². The highest BCUT2D eigenvalue weighted by Crippen LogP contribution is 2.36. The highest BCUT2D eigenvalue weighted by Gasteiger charge is 2.27. The fraction of sp³-hybridized carbons (Fsp3) is 0.148. The van der Waals surface area contributed by atoms with Crippen LogP contribution in [-0.2, 0) is 30.8 Å². The van der Waals surface area contributed by atoms with Crippen LogP contribution in [0.5, 0.6) is 0 Å². The van der Waals surface area contributed by atoms with Crippen molar-refractivity contribution in [2.75, 3.05) is 0 Å².